The number of halogens is 1. The summed E-state index contributed by atoms with van der Waals surface area (Å²) in [7, 11) is 0. The highest BCUT2D eigenvalue weighted by Gasteiger charge is 2.12. The molecule has 78 valence electrons. The molecule has 3 nitrogen and oxygen atoms in total. The first-order chi connectivity index (χ1) is 7.20. The van der Waals surface area contributed by atoms with Crippen LogP contribution in [0, 0.1) is 0 Å². The van der Waals surface area contributed by atoms with E-state index < -0.39 is 5.97 Å². The van der Waals surface area contributed by atoms with Gasteiger partial charge in [0.2, 0.25) is 5.76 Å². The van der Waals surface area contributed by atoms with E-state index in [0.29, 0.717) is 12.2 Å². The van der Waals surface area contributed by atoms with Gasteiger partial charge in [-0.2, -0.15) is 0 Å². The summed E-state index contributed by atoms with van der Waals surface area (Å²) in [6.45, 7) is 2.11. The maximum absolute atomic E-state index is 11.4. The molecule has 0 saturated carbocycles. The Morgan fingerprint density at radius 2 is 2.27 bits per heavy atom. The monoisotopic (exact) mass is 268 g/mol. The van der Waals surface area contributed by atoms with Crippen LogP contribution in [0.2, 0.25) is 0 Å². The molecular formula is C11H9BrO3. The lowest BCUT2D eigenvalue weighted by Crippen LogP contribution is -2.02. The highest BCUT2D eigenvalue weighted by atomic mass is 79.9. The second-order valence-electron chi connectivity index (χ2n) is 3.01. The fraction of sp³-hybridized carbons (Fsp3) is 0.182. The Hall–Kier alpha value is -1.29. The minimum Gasteiger partial charge on any atom is -0.460 e. The Bertz CT molecular complexity index is 502. The van der Waals surface area contributed by atoms with E-state index in [9.17, 15) is 4.79 Å². The van der Waals surface area contributed by atoms with Gasteiger partial charge >= 0.3 is 5.97 Å². The number of benzene rings is 1. The zero-order valence-corrected chi connectivity index (χ0v) is 9.71. The molecule has 0 bridgehead atoms. The fourth-order valence-corrected chi connectivity index (χ4v) is 1.65. The lowest BCUT2D eigenvalue weighted by Gasteiger charge is -1.95. The maximum atomic E-state index is 11.4. The van der Waals surface area contributed by atoms with Gasteiger partial charge in [-0.25, -0.2) is 4.79 Å². The molecule has 0 amide bonds. The first-order valence-electron chi connectivity index (χ1n) is 4.57. The van der Waals surface area contributed by atoms with Crippen LogP contribution in [0.15, 0.2) is 33.2 Å². The van der Waals surface area contributed by atoms with Gasteiger partial charge in [-0.15, -0.1) is 0 Å². The molecule has 0 radical (unpaired) electrons. The molecule has 0 unspecified atom stereocenters. The van der Waals surface area contributed by atoms with Crippen molar-refractivity contribution in [1.29, 1.82) is 0 Å². The van der Waals surface area contributed by atoms with E-state index in [4.69, 9.17) is 9.15 Å². The number of carbonyl (C=O) groups is 1. The quantitative estimate of drug-likeness (QED) is 0.784. The molecule has 0 atom stereocenters. The molecule has 0 aliphatic carbocycles. The van der Waals surface area contributed by atoms with Gasteiger partial charge in [0.15, 0.2) is 0 Å². The third kappa shape index (κ3) is 2.04. The maximum Gasteiger partial charge on any atom is 0.374 e. The third-order valence-electron chi connectivity index (χ3n) is 1.96. The molecule has 2 aromatic rings. The summed E-state index contributed by atoms with van der Waals surface area (Å²) in [5, 5.41) is 0.890. The van der Waals surface area contributed by atoms with Crippen LogP contribution in [0.3, 0.4) is 0 Å². The molecule has 0 fully saturated rings. The molecule has 2 rings (SSSR count). The summed E-state index contributed by atoms with van der Waals surface area (Å²) < 4.78 is 11.1. The van der Waals surface area contributed by atoms with Crippen LogP contribution >= 0.6 is 15.9 Å². The summed E-state index contributed by atoms with van der Waals surface area (Å²) in [6, 6.07) is 7.27. The van der Waals surface area contributed by atoms with Crippen molar-refractivity contribution in [1.82, 2.24) is 0 Å². The average molecular weight is 269 g/mol. The fourth-order valence-electron chi connectivity index (χ4n) is 1.31. The van der Waals surface area contributed by atoms with Gasteiger partial charge in [-0.05, 0) is 31.2 Å². The summed E-state index contributed by atoms with van der Waals surface area (Å²) >= 11 is 3.33. The Kier molecular flexibility index (Phi) is 2.77. The van der Waals surface area contributed by atoms with Crippen molar-refractivity contribution in [2.24, 2.45) is 0 Å². The third-order valence-corrected chi connectivity index (χ3v) is 2.45. The van der Waals surface area contributed by atoms with Gasteiger partial charge in [0.05, 0.1) is 6.61 Å². The highest BCUT2D eigenvalue weighted by molar-refractivity contribution is 9.10. The van der Waals surface area contributed by atoms with E-state index in [1.54, 1.807) is 13.0 Å². The van der Waals surface area contributed by atoms with E-state index in [-0.39, 0.29) is 5.76 Å². The van der Waals surface area contributed by atoms with Gasteiger partial charge in [0.1, 0.15) is 5.58 Å². The first kappa shape index (κ1) is 10.2. The van der Waals surface area contributed by atoms with Crippen molar-refractivity contribution in [3.63, 3.8) is 0 Å². The number of ether oxygens (including phenoxy) is 1. The van der Waals surface area contributed by atoms with Gasteiger partial charge < -0.3 is 9.15 Å². The number of furan rings is 1. The van der Waals surface area contributed by atoms with Crippen LogP contribution in [-0.2, 0) is 4.74 Å². The van der Waals surface area contributed by atoms with Crippen molar-refractivity contribution in [2.75, 3.05) is 6.61 Å². The number of carbonyl (C=O) groups excluding carboxylic acids is 1. The Morgan fingerprint density at radius 3 is 3.00 bits per heavy atom. The summed E-state index contributed by atoms with van der Waals surface area (Å²) in [5.41, 5.74) is 0.674. The Balaban J connectivity index is 2.42. The number of hydrogen-bond acceptors (Lipinski definition) is 3. The molecule has 0 N–H and O–H groups in total. The molecule has 1 aromatic heterocycles. The lowest BCUT2D eigenvalue weighted by molar-refractivity contribution is 0.0492. The summed E-state index contributed by atoms with van der Waals surface area (Å²) in [5.74, 6) is -0.185. The van der Waals surface area contributed by atoms with Crippen molar-refractivity contribution in [2.45, 2.75) is 6.92 Å². The lowest BCUT2D eigenvalue weighted by atomic mass is 10.2. The van der Waals surface area contributed by atoms with E-state index in [2.05, 4.69) is 15.9 Å². The first-order valence-corrected chi connectivity index (χ1v) is 5.36. The molecule has 1 heterocycles. The van der Waals surface area contributed by atoms with Gasteiger partial charge in [-0.1, -0.05) is 15.9 Å². The van der Waals surface area contributed by atoms with E-state index >= 15 is 0 Å². The van der Waals surface area contributed by atoms with E-state index in [1.807, 2.05) is 18.2 Å². The van der Waals surface area contributed by atoms with Crippen LogP contribution in [0.25, 0.3) is 11.0 Å². The predicted molar refractivity (Wildman–Crippen MR) is 59.9 cm³/mol. The molecule has 4 heteroatoms. The smallest absolute Gasteiger partial charge is 0.374 e. The molecule has 0 aliphatic heterocycles. The number of hydrogen-bond donors (Lipinski definition) is 0. The van der Waals surface area contributed by atoms with Crippen LogP contribution in [-0.4, -0.2) is 12.6 Å². The molecule has 1 aromatic carbocycles. The molecule has 0 saturated heterocycles. The van der Waals surface area contributed by atoms with Crippen molar-refractivity contribution in [3.8, 4) is 0 Å². The van der Waals surface area contributed by atoms with Crippen LogP contribution in [0.4, 0.5) is 0 Å². The van der Waals surface area contributed by atoms with Gasteiger partial charge in [0, 0.05) is 9.86 Å². The van der Waals surface area contributed by atoms with Crippen LogP contribution < -0.4 is 0 Å². The standard InChI is InChI=1S/C11H9BrO3/c1-2-14-11(13)10-5-7-3-4-8(12)6-9(7)15-10/h3-6H,2H2,1H3. The normalized spacial score (nSPS) is 10.5. The average Bonchev–Trinajstić information content (AvgIpc) is 2.60. The number of esters is 1. The Labute approximate surface area is 95.1 Å². The SMILES string of the molecule is CCOC(=O)c1cc2ccc(Br)cc2o1. The summed E-state index contributed by atoms with van der Waals surface area (Å²) in [6.07, 6.45) is 0. The zero-order valence-electron chi connectivity index (χ0n) is 8.12. The van der Waals surface area contributed by atoms with Crippen LogP contribution in [0.5, 0.6) is 0 Å². The van der Waals surface area contributed by atoms with E-state index in [0.717, 1.165) is 9.86 Å². The topological polar surface area (TPSA) is 39.4 Å². The van der Waals surface area contributed by atoms with Crippen LogP contribution in [0.1, 0.15) is 17.5 Å². The van der Waals surface area contributed by atoms with Crippen molar-refractivity contribution in [3.05, 3.63) is 34.5 Å². The van der Waals surface area contributed by atoms with Gasteiger partial charge in [0.25, 0.3) is 0 Å². The van der Waals surface area contributed by atoms with Gasteiger partial charge in [-0.3, -0.25) is 0 Å². The van der Waals surface area contributed by atoms with E-state index in [1.165, 1.54) is 0 Å². The molecule has 0 spiro atoms. The van der Waals surface area contributed by atoms with Crippen molar-refractivity contribution < 1.29 is 13.9 Å². The second-order valence-corrected chi connectivity index (χ2v) is 3.93. The Morgan fingerprint density at radius 1 is 1.47 bits per heavy atom. The molecule has 15 heavy (non-hydrogen) atoms. The minimum atomic E-state index is -0.426. The number of fused-ring (bicyclic) bond motifs is 1. The zero-order chi connectivity index (χ0) is 10.8. The molecule has 0 aliphatic rings. The van der Waals surface area contributed by atoms with Crippen molar-refractivity contribution >= 4 is 32.9 Å². The summed E-state index contributed by atoms with van der Waals surface area (Å²) in [4.78, 5) is 11.4. The second kappa shape index (κ2) is 4.06. The highest BCUT2D eigenvalue weighted by Crippen LogP contribution is 2.23. The molecular weight excluding hydrogens is 260 g/mol. The largest absolute Gasteiger partial charge is 0.460 e. The minimum absolute atomic E-state index is 0.241. The predicted octanol–water partition coefficient (Wildman–Crippen LogP) is 3.37. The number of rotatable bonds is 2.